The second-order valence-electron chi connectivity index (χ2n) is 4.91. The number of carbonyl (C=O) groups excluding carboxylic acids is 1. The fourth-order valence-corrected chi connectivity index (χ4v) is 2.99. The maximum absolute atomic E-state index is 12.3. The number of carbonyl (C=O) groups is 1. The Bertz CT molecular complexity index is 859. The molecular weight excluding hydrogens is 351 g/mol. The molecule has 3 nitrogen and oxygen atoms in total. The van der Waals surface area contributed by atoms with Crippen LogP contribution in [0.5, 0.6) is 0 Å². The molecule has 3 aromatic rings. The van der Waals surface area contributed by atoms with Crippen LogP contribution in [0.15, 0.2) is 47.8 Å². The standard InChI is InChI=1S/C17H12Cl2N2OS/c1-10-20-16(9-23-10)11-2-4-12(5-3-11)17(22)21-13-6-7-14(18)15(19)8-13/h2-9H,1H3,(H,21,22). The van der Waals surface area contributed by atoms with E-state index in [4.69, 9.17) is 23.2 Å². The van der Waals surface area contributed by atoms with Crippen molar-refractivity contribution in [2.45, 2.75) is 6.92 Å². The third kappa shape index (κ3) is 3.72. The highest BCUT2D eigenvalue weighted by Gasteiger charge is 2.09. The fourth-order valence-electron chi connectivity index (χ4n) is 2.07. The molecule has 0 saturated carbocycles. The van der Waals surface area contributed by atoms with Crippen molar-refractivity contribution in [3.63, 3.8) is 0 Å². The summed E-state index contributed by atoms with van der Waals surface area (Å²) in [7, 11) is 0. The molecule has 3 rings (SSSR count). The van der Waals surface area contributed by atoms with E-state index in [1.165, 1.54) is 0 Å². The molecular formula is C17H12Cl2N2OS. The fraction of sp³-hybridized carbons (Fsp3) is 0.0588. The summed E-state index contributed by atoms with van der Waals surface area (Å²) in [6, 6.07) is 12.3. The molecule has 0 unspecified atom stereocenters. The Hall–Kier alpha value is -1.88. The number of hydrogen-bond acceptors (Lipinski definition) is 3. The summed E-state index contributed by atoms with van der Waals surface area (Å²) in [5.41, 5.74) is 3.07. The van der Waals surface area contributed by atoms with Gasteiger partial charge < -0.3 is 5.32 Å². The molecule has 1 aromatic heterocycles. The minimum atomic E-state index is -0.204. The number of aromatic nitrogens is 1. The van der Waals surface area contributed by atoms with Gasteiger partial charge in [0.1, 0.15) is 0 Å². The van der Waals surface area contributed by atoms with Gasteiger partial charge in [-0.1, -0.05) is 35.3 Å². The third-order valence-corrected chi connectivity index (χ3v) is 4.75. The van der Waals surface area contributed by atoms with E-state index in [0.717, 1.165) is 16.3 Å². The van der Waals surface area contributed by atoms with Crippen molar-refractivity contribution in [1.29, 1.82) is 0 Å². The molecule has 0 fully saturated rings. The maximum atomic E-state index is 12.3. The number of rotatable bonds is 3. The van der Waals surface area contributed by atoms with Gasteiger partial charge in [0.25, 0.3) is 5.91 Å². The lowest BCUT2D eigenvalue weighted by molar-refractivity contribution is 0.102. The van der Waals surface area contributed by atoms with Crippen LogP contribution in [0.25, 0.3) is 11.3 Å². The van der Waals surface area contributed by atoms with Gasteiger partial charge in [0, 0.05) is 22.2 Å². The first kappa shape index (κ1) is 16.0. The zero-order valence-electron chi connectivity index (χ0n) is 12.1. The SMILES string of the molecule is Cc1nc(-c2ccc(C(=O)Nc3ccc(Cl)c(Cl)c3)cc2)cs1. The molecule has 0 aliphatic heterocycles. The van der Waals surface area contributed by atoms with Gasteiger partial charge in [-0.2, -0.15) is 0 Å². The lowest BCUT2D eigenvalue weighted by atomic mass is 10.1. The number of nitrogens with one attached hydrogen (secondary N) is 1. The smallest absolute Gasteiger partial charge is 0.255 e. The van der Waals surface area contributed by atoms with Gasteiger partial charge in [0.15, 0.2) is 0 Å². The first-order chi connectivity index (χ1) is 11.0. The second kappa shape index (κ2) is 6.71. The highest BCUT2D eigenvalue weighted by molar-refractivity contribution is 7.09. The summed E-state index contributed by atoms with van der Waals surface area (Å²) in [5.74, 6) is -0.204. The van der Waals surface area contributed by atoms with E-state index in [1.54, 1.807) is 41.7 Å². The van der Waals surface area contributed by atoms with Crippen LogP contribution in [0.2, 0.25) is 10.0 Å². The highest BCUT2D eigenvalue weighted by atomic mass is 35.5. The Labute approximate surface area is 147 Å². The van der Waals surface area contributed by atoms with Crippen molar-refractivity contribution in [3.05, 3.63) is 68.5 Å². The Kier molecular flexibility index (Phi) is 4.66. The molecule has 0 aliphatic carbocycles. The van der Waals surface area contributed by atoms with Gasteiger partial charge in [-0.05, 0) is 37.3 Å². The Morgan fingerprint density at radius 1 is 1.09 bits per heavy atom. The van der Waals surface area contributed by atoms with Gasteiger partial charge in [-0.25, -0.2) is 4.98 Å². The van der Waals surface area contributed by atoms with E-state index in [2.05, 4.69) is 10.3 Å². The van der Waals surface area contributed by atoms with Crippen LogP contribution in [0.4, 0.5) is 5.69 Å². The van der Waals surface area contributed by atoms with E-state index in [0.29, 0.717) is 21.3 Å². The molecule has 1 heterocycles. The van der Waals surface area contributed by atoms with Crippen LogP contribution in [-0.2, 0) is 0 Å². The van der Waals surface area contributed by atoms with E-state index < -0.39 is 0 Å². The van der Waals surface area contributed by atoms with Gasteiger partial charge in [0.05, 0.1) is 20.7 Å². The van der Waals surface area contributed by atoms with Crippen molar-refractivity contribution < 1.29 is 4.79 Å². The monoisotopic (exact) mass is 362 g/mol. The lowest BCUT2D eigenvalue weighted by Crippen LogP contribution is -2.11. The number of aryl methyl sites for hydroxylation is 1. The van der Waals surface area contributed by atoms with Crippen LogP contribution in [-0.4, -0.2) is 10.9 Å². The predicted molar refractivity (Wildman–Crippen MR) is 96.7 cm³/mol. The van der Waals surface area contributed by atoms with E-state index in [9.17, 15) is 4.79 Å². The second-order valence-corrected chi connectivity index (χ2v) is 6.79. The Morgan fingerprint density at radius 2 is 1.83 bits per heavy atom. The van der Waals surface area contributed by atoms with Gasteiger partial charge >= 0.3 is 0 Å². The summed E-state index contributed by atoms with van der Waals surface area (Å²) in [4.78, 5) is 16.7. The molecule has 0 aliphatic rings. The minimum Gasteiger partial charge on any atom is -0.322 e. The molecule has 0 saturated heterocycles. The van der Waals surface area contributed by atoms with Gasteiger partial charge in [0.2, 0.25) is 0 Å². The van der Waals surface area contributed by atoms with Crippen LogP contribution in [0, 0.1) is 6.92 Å². The van der Waals surface area contributed by atoms with Gasteiger partial charge in [-0.3, -0.25) is 4.79 Å². The first-order valence-corrected chi connectivity index (χ1v) is 8.45. The maximum Gasteiger partial charge on any atom is 0.255 e. The molecule has 0 atom stereocenters. The first-order valence-electron chi connectivity index (χ1n) is 6.82. The molecule has 0 radical (unpaired) electrons. The summed E-state index contributed by atoms with van der Waals surface area (Å²) in [6.45, 7) is 1.97. The van der Waals surface area contributed by atoms with Crippen molar-refractivity contribution >= 4 is 46.1 Å². The Balaban J connectivity index is 1.76. The molecule has 1 N–H and O–H groups in total. The summed E-state index contributed by atoms with van der Waals surface area (Å²) < 4.78 is 0. The van der Waals surface area contributed by atoms with Crippen molar-refractivity contribution in [3.8, 4) is 11.3 Å². The zero-order chi connectivity index (χ0) is 16.4. The van der Waals surface area contributed by atoms with Crippen LogP contribution in [0.3, 0.4) is 0 Å². The molecule has 0 spiro atoms. The molecule has 116 valence electrons. The average molecular weight is 363 g/mol. The summed E-state index contributed by atoms with van der Waals surface area (Å²) >= 11 is 13.4. The van der Waals surface area contributed by atoms with Crippen LogP contribution < -0.4 is 5.32 Å². The number of anilines is 1. The topological polar surface area (TPSA) is 42.0 Å². The normalized spacial score (nSPS) is 10.6. The molecule has 0 bridgehead atoms. The predicted octanol–water partition coefficient (Wildman–Crippen LogP) is 5.68. The Morgan fingerprint density at radius 3 is 2.43 bits per heavy atom. The number of halogens is 2. The van der Waals surface area contributed by atoms with Crippen LogP contribution >= 0.6 is 34.5 Å². The van der Waals surface area contributed by atoms with Crippen molar-refractivity contribution in [1.82, 2.24) is 4.98 Å². The van der Waals surface area contributed by atoms with Crippen molar-refractivity contribution in [2.75, 3.05) is 5.32 Å². The molecule has 2 aromatic carbocycles. The third-order valence-electron chi connectivity index (χ3n) is 3.24. The largest absolute Gasteiger partial charge is 0.322 e. The summed E-state index contributed by atoms with van der Waals surface area (Å²) in [5, 5.41) is 6.66. The van der Waals surface area contributed by atoms with Crippen LogP contribution in [0.1, 0.15) is 15.4 Å². The quantitative estimate of drug-likeness (QED) is 0.651. The van der Waals surface area contributed by atoms with Crippen molar-refractivity contribution in [2.24, 2.45) is 0 Å². The van der Waals surface area contributed by atoms with Gasteiger partial charge in [-0.15, -0.1) is 11.3 Å². The van der Waals surface area contributed by atoms with E-state index >= 15 is 0 Å². The zero-order valence-corrected chi connectivity index (χ0v) is 14.5. The molecule has 1 amide bonds. The minimum absolute atomic E-state index is 0.204. The van der Waals surface area contributed by atoms with E-state index in [-0.39, 0.29) is 5.91 Å². The number of nitrogens with zero attached hydrogens (tertiary/aromatic N) is 1. The number of hydrogen-bond donors (Lipinski definition) is 1. The van der Waals surface area contributed by atoms with E-state index in [1.807, 2.05) is 24.4 Å². The number of amides is 1. The lowest BCUT2D eigenvalue weighted by Gasteiger charge is -2.07. The molecule has 23 heavy (non-hydrogen) atoms. The molecule has 6 heteroatoms. The summed E-state index contributed by atoms with van der Waals surface area (Å²) in [6.07, 6.45) is 0. The number of thiazole rings is 1. The average Bonchev–Trinajstić information content (AvgIpc) is 2.97. The number of benzene rings is 2. The highest BCUT2D eigenvalue weighted by Crippen LogP contribution is 2.26.